The van der Waals surface area contributed by atoms with Crippen molar-refractivity contribution in [3.63, 3.8) is 0 Å². The second-order valence-corrected chi connectivity index (χ2v) is 4.50. The highest BCUT2D eigenvalue weighted by atomic mass is 16.5. The monoisotopic (exact) mass is 229 g/mol. The van der Waals surface area contributed by atoms with Crippen LogP contribution in [0.4, 0.5) is 0 Å². The van der Waals surface area contributed by atoms with E-state index in [2.05, 4.69) is 5.32 Å². The van der Waals surface area contributed by atoms with Gasteiger partial charge in [0.15, 0.2) is 0 Å². The molecule has 0 radical (unpaired) electrons. The Morgan fingerprint density at radius 2 is 2.31 bits per heavy atom. The molecule has 0 spiro atoms. The molecule has 92 valence electrons. The molecular formula is C11H19NO4. The summed E-state index contributed by atoms with van der Waals surface area (Å²) in [6.07, 6.45) is 4.42. The van der Waals surface area contributed by atoms with Crippen LogP contribution in [0.1, 0.15) is 25.7 Å². The molecule has 1 aliphatic carbocycles. The van der Waals surface area contributed by atoms with Gasteiger partial charge in [0.1, 0.15) is 6.04 Å². The van der Waals surface area contributed by atoms with E-state index in [9.17, 15) is 4.79 Å². The van der Waals surface area contributed by atoms with Gasteiger partial charge in [0, 0.05) is 12.6 Å². The third kappa shape index (κ3) is 3.73. The minimum Gasteiger partial charge on any atom is -0.480 e. The van der Waals surface area contributed by atoms with Gasteiger partial charge >= 0.3 is 5.97 Å². The van der Waals surface area contributed by atoms with Crippen molar-refractivity contribution in [2.24, 2.45) is 0 Å². The molecule has 2 N–H and O–H groups in total. The molecule has 16 heavy (non-hydrogen) atoms. The first-order chi connectivity index (χ1) is 7.75. The Morgan fingerprint density at radius 3 is 2.88 bits per heavy atom. The van der Waals surface area contributed by atoms with Crippen LogP contribution in [0.25, 0.3) is 0 Å². The number of hydrogen-bond acceptors (Lipinski definition) is 4. The molecule has 0 amide bonds. The molecule has 2 atom stereocenters. The van der Waals surface area contributed by atoms with Crippen LogP contribution in [0.5, 0.6) is 0 Å². The van der Waals surface area contributed by atoms with Gasteiger partial charge in [0.2, 0.25) is 0 Å². The van der Waals surface area contributed by atoms with Crippen LogP contribution in [0, 0.1) is 0 Å². The van der Waals surface area contributed by atoms with Gasteiger partial charge in [-0.05, 0) is 25.7 Å². The quantitative estimate of drug-likeness (QED) is 0.661. The SMILES string of the molecule is O=C(O)C(COCC1CCCO1)NC1CC1. The first-order valence-electron chi connectivity index (χ1n) is 5.94. The topological polar surface area (TPSA) is 67.8 Å². The molecule has 5 nitrogen and oxygen atoms in total. The zero-order valence-corrected chi connectivity index (χ0v) is 9.35. The van der Waals surface area contributed by atoms with Gasteiger partial charge in [-0.15, -0.1) is 0 Å². The fourth-order valence-corrected chi connectivity index (χ4v) is 1.82. The zero-order chi connectivity index (χ0) is 11.4. The van der Waals surface area contributed by atoms with E-state index in [4.69, 9.17) is 14.6 Å². The van der Waals surface area contributed by atoms with Gasteiger partial charge in [-0.1, -0.05) is 0 Å². The van der Waals surface area contributed by atoms with Crippen LogP contribution in [0.3, 0.4) is 0 Å². The molecule has 0 bridgehead atoms. The summed E-state index contributed by atoms with van der Waals surface area (Å²) in [5.74, 6) is -0.834. The van der Waals surface area contributed by atoms with E-state index in [1.807, 2.05) is 0 Å². The van der Waals surface area contributed by atoms with Crippen LogP contribution < -0.4 is 5.32 Å². The molecule has 2 unspecified atom stereocenters. The number of carboxylic acid groups (broad SMARTS) is 1. The second-order valence-electron chi connectivity index (χ2n) is 4.50. The molecule has 1 heterocycles. The van der Waals surface area contributed by atoms with E-state index < -0.39 is 12.0 Å². The summed E-state index contributed by atoms with van der Waals surface area (Å²) in [4.78, 5) is 10.9. The number of carboxylic acids is 1. The van der Waals surface area contributed by atoms with E-state index in [0.29, 0.717) is 12.6 Å². The lowest BCUT2D eigenvalue weighted by atomic mass is 10.2. The van der Waals surface area contributed by atoms with Gasteiger partial charge in [0.05, 0.1) is 19.3 Å². The smallest absolute Gasteiger partial charge is 0.323 e. The lowest BCUT2D eigenvalue weighted by Crippen LogP contribution is -2.42. The molecule has 2 rings (SSSR count). The number of aliphatic carboxylic acids is 1. The molecule has 1 aliphatic heterocycles. The Labute approximate surface area is 95.1 Å². The highest BCUT2D eigenvalue weighted by molar-refractivity contribution is 5.73. The third-order valence-corrected chi connectivity index (χ3v) is 2.92. The van der Waals surface area contributed by atoms with E-state index in [1.54, 1.807) is 0 Å². The van der Waals surface area contributed by atoms with Gasteiger partial charge < -0.3 is 14.6 Å². The molecule has 2 fully saturated rings. The average Bonchev–Trinajstić information content (AvgIpc) is 2.91. The summed E-state index contributed by atoms with van der Waals surface area (Å²) in [6, 6.07) is -0.193. The normalized spacial score (nSPS) is 26.9. The van der Waals surface area contributed by atoms with Crippen molar-refractivity contribution in [3.8, 4) is 0 Å². The van der Waals surface area contributed by atoms with Gasteiger partial charge in [-0.25, -0.2) is 0 Å². The minimum absolute atomic E-state index is 0.162. The van der Waals surface area contributed by atoms with Crippen molar-refractivity contribution >= 4 is 5.97 Å². The second kappa shape index (κ2) is 5.61. The molecule has 0 aromatic rings. The van der Waals surface area contributed by atoms with Crippen LogP contribution >= 0.6 is 0 Å². The summed E-state index contributed by atoms with van der Waals surface area (Å²) in [7, 11) is 0. The van der Waals surface area contributed by atoms with E-state index in [0.717, 1.165) is 32.3 Å². The first kappa shape index (κ1) is 11.8. The molecule has 0 aromatic heterocycles. The van der Waals surface area contributed by atoms with Crippen LogP contribution in [0.15, 0.2) is 0 Å². The van der Waals surface area contributed by atoms with Gasteiger partial charge in [-0.3, -0.25) is 10.1 Å². The largest absolute Gasteiger partial charge is 0.480 e. The Balaban J connectivity index is 1.62. The predicted molar refractivity (Wildman–Crippen MR) is 57.4 cm³/mol. The van der Waals surface area contributed by atoms with Crippen molar-refractivity contribution in [2.45, 2.75) is 43.9 Å². The fourth-order valence-electron chi connectivity index (χ4n) is 1.82. The molecule has 5 heteroatoms. The van der Waals surface area contributed by atoms with Crippen LogP contribution in [0.2, 0.25) is 0 Å². The Morgan fingerprint density at radius 1 is 1.50 bits per heavy atom. The lowest BCUT2D eigenvalue weighted by Gasteiger charge is -2.16. The van der Waals surface area contributed by atoms with Crippen LogP contribution in [-0.4, -0.2) is 49.1 Å². The highest BCUT2D eigenvalue weighted by Crippen LogP contribution is 2.19. The van der Waals surface area contributed by atoms with Gasteiger partial charge in [0.25, 0.3) is 0 Å². The maximum absolute atomic E-state index is 10.9. The maximum Gasteiger partial charge on any atom is 0.323 e. The molecule has 1 saturated heterocycles. The maximum atomic E-state index is 10.9. The van der Waals surface area contributed by atoms with Gasteiger partial charge in [-0.2, -0.15) is 0 Å². The van der Waals surface area contributed by atoms with Crippen molar-refractivity contribution < 1.29 is 19.4 Å². The summed E-state index contributed by atoms with van der Waals surface area (Å²) in [5, 5.41) is 12.0. The average molecular weight is 229 g/mol. The summed E-state index contributed by atoms with van der Waals surface area (Å²) in [5.41, 5.74) is 0. The van der Waals surface area contributed by atoms with E-state index in [-0.39, 0.29) is 12.7 Å². The first-order valence-corrected chi connectivity index (χ1v) is 5.94. The molecule has 0 aromatic carbocycles. The summed E-state index contributed by atoms with van der Waals surface area (Å²) in [6.45, 7) is 1.54. The number of nitrogens with one attached hydrogen (secondary N) is 1. The summed E-state index contributed by atoms with van der Waals surface area (Å²) < 4.78 is 10.8. The Hall–Kier alpha value is -0.650. The number of rotatable bonds is 7. The lowest BCUT2D eigenvalue weighted by molar-refractivity contribution is -0.141. The van der Waals surface area contributed by atoms with Crippen molar-refractivity contribution in [1.29, 1.82) is 0 Å². The molecule has 2 aliphatic rings. The predicted octanol–water partition coefficient (Wildman–Crippen LogP) is 0.387. The van der Waals surface area contributed by atoms with Crippen molar-refractivity contribution in [1.82, 2.24) is 5.32 Å². The molecule has 1 saturated carbocycles. The minimum atomic E-state index is -0.834. The number of hydrogen-bond donors (Lipinski definition) is 2. The van der Waals surface area contributed by atoms with Crippen LogP contribution in [-0.2, 0) is 14.3 Å². The van der Waals surface area contributed by atoms with E-state index in [1.165, 1.54) is 0 Å². The highest BCUT2D eigenvalue weighted by Gasteiger charge is 2.28. The molecular weight excluding hydrogens is 210 g/mol. The zero-order valence-electron chi connectivity index (χ0n) is 9.35. The van der Waals surface area contributed by atoms with E-state index >= 15 is 0 Å². The fraction of sp³-hybridized carbons (Fsp3) is 0.909. The van der Waals surface area contributed by atoms with Crippen molar-refractivity contribution in [2.75, 3.05) is 19.8 Å². The number of ether oxygens (including phenoxy) is 2. The Bertz CT molecular complexity index is 236. The van der Waals surface area contributed by atoms with Crippen molar-refractivity contribution in [3.05, 3.63) is 0 Å². The third-order valence-electron chi connectivity index (χ3n) is 2.92. The number of carbonyl (C=O) groups is 1. The Kier molecular flexibility index (Phi) is 4.15. The standard InChI is InChI=1S/C11H19NO4/c13-11(14)10(12-8-3-4-8)7-15-6-9-2-1-5-16-9/h8-10,12H,1-7H2,(H,13,14). The summed E-state index contributed by atoms with van der Waals surface area (Å²) >= 11 is 0.